The number of ether oxygens (including phenoxy) is 1. The number of alkyl halides is 1. The van der Waals surface area contributed by atoms with Crippen molar-refractivity contribution >= 4 is 21.9 Å². The van der Waals surface area contributed by atoms with Gasteiger partial charge >= 0.3 is 5.97 Å². The molecule has 2 fully saturated rings. The predicted molar refractivity (Wildman–Crippen MR) is 72.2 cm³/mol. The minimum Gasteiger partial charge on any atom is -0.461 e. The van der Waals surface area contributed by atoms with Gasteiger partial charge in [-0.15, -0.1) is 0 Å². The highest BCUT2D eigenvalue weighted by Gasteiger charge is 2.34. The van der Waals surface area contributed by atoms with E-state index in [1.165, 1.54) is 51.4 Å². The van der Waals surface area contributed by atoms with Crippen LogP contribution >= 0.6 is 15.9 Å². The van der Waals surface area contributed by atoms with E-state index in [0.717, 1.165) is 12.3 Å². The molecule has 98 valence electrons. The third-order valence-electron chi connectivity index (χ3n) is 4.40. The number of halogens is 1. The van der Waals surface area contributed by atoms with Gasteiger partial charge < -0.3 is 4.74 Å². The van der Waals surface area contributed by atoms with Crippen LogP contribution in [0.2, 0.25) is 0 Å². The lowest BCUT2D eigenvalue weighted by Crippen LogP contribution is -2.36. The van der Waals surface area contributed by atoms with Crippen LogP contribution in [-0.2, 0) is 9.53 Å². The Morgan fingerprint density at radius 1 is 1.00 bits per heavy atom. The second-order valence-electron chi connectivity index (χ2n) is 5.51. The van der Waals surface area contributed by atoms with Gasteiger partial charge in [-0.2, -0.15) is 0 Å². The van der Waals surface area contributed by atoms with Crippen molar-refractivity contribution in [3.63, 3.8) is 0 Å². The van der Waals surface area contributed by atoms with Gasteiger partial charge in [0.2, 0.25) is 0 Å². The Hall–Kier alpha value is -0.0500. The summed E-state index contributed by atoms with van der Waals surface area (Å²) in [6.07, 6.45) is 12.0. The van der Waals surface area contributed by atoms with Gasteiger partial charge in [0.25, 0.3) is 0 Å². The van der Waals surface area contributed by atoms with E-state index in [9.17, 15) is 4.79 Å². The fraction of sp³-hybridized carbons (Fsp3) is 0.929. The number of rotatable bonds is 3. The molecule has 0 aromatic heterocycles. The van der Waals surface area contributed by atoms with Crippen molar-refractivity contribution in [1.82, 2.24) is 0 Å². The quantitative estimate of drug-likeness (QED) is 0.580. The van der Waals surface area contributed by atoms with E-state index in [0.29, 0.717) is 11.2 Å². The molecule has 0 aromatic carbocycles. The topological polar surface area (TPSA) is 26.3 Å². The third kappa shape index (κ3) is 3.70. The lowest BCUT2D eigenvalue weighted by molar-refractivity contribution is -0.152. The first-order chi connectivity index (χ1) is 8.31. The van der Waals surface area contributed by atoms with Crippen LogP contribution in [0.4, 0.5) is 0 Å². The van der Waals surface area contributed by atoms with E-state index in [1.807, 2.05) is 0 Å². The average Bonchev–Trinajstić information content (AvgIpc) is 2.40. The smallest absolute Gasteiger partial charge is 0.316 e. The largest absolute Gasteiger partial charge is 0.461 e. The maximum absolute atomic E-state index is 11.4. The molecule has 0 radical (unpaired) electrons. The Bertz CT molecular complexity index is 249. The predicted octanol–water partition coefficient (Wildman–Crippen LogP) is 4.06. The zero-order valence-corrected chi connectivity index (χ0v) is 12.1. The van der Waals surface area contributed by atoms with Crippen molar-refractivity contribution in [3.05, 3.63) is 0 Å². The lowest BCUT2D eigenvalue weighted by Gasteiger charge is -2.38. The lowest BCUT2D eigenvalue weighted by atomic mass is 9.72. The second-order valence-corrected chi connectivity index (χ2v) is 6.07. The molecule has 0 amide bonds. The highest BCUT2D eigenvalue weighted by Crippen LogP contribution is 2.39. The van der Waals surface area contributed by atoms with Crippen LogP contribution in [0, 0.1) is 11.8 Å². The van der Waals surface area contributed by atoms with Gasteiger partial charge in [0, 0.05) is 0 Å². The molecular formula is C14H23BrO2. The summed E-state index contributed by atoms with van der Waals surface area (Å²) in [4.78, 5) is 11.4. The Balaban J connectivity index is 1.93. The molecule has 2 aliphatic rings. The molecule has 0 bridgehead atoms. The van der Waals surface area contributed by atoms with Crippen LogP contribution in [0.1, 0.15) is 57.8 Å². The summed E-state index contributed by atoms with van der Waals surface area (Å²) in [5.41, 5.74) is 0. The summed E-state index contributed by atoms with van der Waals surface area (Å²) in [7, 11) is 0. The minimum atomic E-state index is -0.0855. The summed E-state index contributed by atoms with van der Waals surface area (Å²) in [6, 6.07) is 0. The number of hydrogen-bond acceptors (Lipinski definition) is 2. The van der Waals surface area contributed by atoms with Crippen LogP contribution in [-0.4, -0.2) is 17.4 Å². The van der Waals surface area contributed by atoms with Crippen molar-refractivity contribution in [2.75, 3.05) is 5.33 Å². The first kappa shape index (κ1) is 13.4. The molecule has 2 atom stereocenters. The third-order valence-corrected chi connectivity index (χ3v) is 4.86. The molecule has 17 heavy (non-hydrogen) atoms. The van der Waals surface area contributed by atoms with E-state index in [-0.39, 0.29) is 12.1 Å². The monoisotopic (exact) mass is 302 g/mol. The Morgan fingerprint density at radius 3 is 2.35 bits per heavy atom. The van der Waals surface area contributed by atoms with Gasteiger partial charge in [0.15, 0.2) is 0 Å². The molecule has 0 saturated heterocycles. The van der Waals surface area contributed by atoms with Gasteiger partial charge in [0.05, 0.1) is 0 Å². The second kappa shape index (κ2) is 6.77. The molecule has 0 N–H and O–H groups in total. The zero-order chi connectivity index (χ0) is 12.1. The first-order valence-electron chi connectivity index (χ1n) is 7.06. The van der Waals surface area contributed by atoms with Crippen LogP contribution < -0.4 is 0 Å². The van der Waals surface area contributed by atoms with Crippen molar-refractivity contribution in [2.45, 2.75) is 63.9 Å². The van der Waals surface area contributed by atoms with Gasteiger partial charge in [-0.25, -0.2) is 0 Å². The zero-order valence-electron chi connectivity index (χ0n) is 10.5. The maximum atomic E-state index is 11.4. The van der Waals surface area contributed by atoms with Gasteiger partial charge in [-0.3, -0.25) is 4.79 Å². The summed E-state index contributed by atoms with van der Waals surface area (Å²) < 4.78 is 5.62. The molecule has 2 nitrogen and oxygen atoms in total. The highest BCUT2D eigenvalue weighted by molar-refractivity contribution is 9.09. The Labute approximate surface area is 113 Å². The van der Waals surface area contributed by atoms with E-state index in [1.54, 1.807) is 0 Å². The van der Waals surface area contributed by atoms with E-state index < -0.39 is 0 Å². The summed E-state index contributed by atoms with van der Waals surface area (Å²) >= 11 is 3.18. The maximum Gasteiger partial charge on any atom is 0.316 e. The highest BCUT2D eigenvalue weighted by atomic mass is 79.9. The molecule has 2 saturated carbocycles. The molecular weight excluding hydrogens is 280 g/mol. The Kier molecular flexibility index (Phi) is 5.33. The van der Waals surface area contributed by atoms with Crippen LogP contribution in [0.15, 0.2) is 0 Å². The van der Waals surface area contributed by atoms with Crippen molar-refractivity contribution in [3.8, 4) is 0 Å². The van der Waals surface area contributed by atoms with Gasteiger partial charge in [-0.05, 0) is 31.1 Å². The molecule has 0 aromatic rings. The van der Waals surface area contributed by atoms with Crippen LogP contribution in [0.25, 0.3) is 0 Å². The first-order valence-corrected chi connectivity index (χ1v) is 8.19. The molecule has 2 unspecified atom stereocenters. The average molecular weight is 303 g/mol. The number of carbonyl (C=O) groups excluding carboxylic acids is 1. The normalized spacial score (nSPS) is 31.1. The molecule has 0 aliphatic heterocycles. The Morgan fingerprint density at radius 2 is 1.65 bits per heavy atom. The summed E-state index contributed by atoms with van der Waals surface area (Å²) in [6.45, 7) is 0. The van der Waals surface area contributed by atoms with E-state index >= 15 is 0 Å². The molecule has 2 aliphatic carbocycles. The summed E-state index contributed by atoms with van der Waals surface area (Å²) in [5.74, 6) is 1.38. The molecule has 0 heterocycles. The molecule has 0 spiro atoms. The number of carbonyl (C=O) groups is 1. The van der Waals surface area contributed by atoms with Crippen molar-refractivity contribution in [1.29, 1.82) is 0 Å². The van der Waals surface area contributed by atoms with Gasteiger partial charge in [0.1, 0.15) is 11.4 Å². The SMILES string of the molecule is O=C(CBr)OC1CCCCC1C1CCCCC1. The van der Waals surface area contributed by atoms with Crippen LogP contribution in [0.3, 0.4) is 0 Å². The van der Waals surface area contributed by atoms with E-state index in [2.05, 4.69) is 15.9 Å². The number of hydrogen-bond donors (Lipinski definition) is 0. The fourth-order valence-corrected chi connectivity index (χ4v) is 3.71. The minimum absolute atomic E-state index is 0.0855. The standard InChI is InChI=1S/C14H23BrO2/c15-10-14(16)17-13-9-5-4-8-12(13)11-6-2-1-3-7-11/h11-13H,1-10H2. The van der Waals surface area contributed by atoms with E-state index in [4.69, 9.17) is 4.74 Å². The molecule has 3 heteroatoms. The van der Waals surface area contributed by atoms with Gasteiger partial charge in [-0.1, -0.05) is 54.5 Å². The number of esters is 1. The fourth-order valence-electron chi connectivity index (χ4n) is 3.57. The van der Waals surface area contributed by atoms with Crippen LogP contribution in [0.5, 0.6) is 0 Å². The molecule has 2 rings (SSSR count). The summed E-state index contributed by atoms with van der Waals surface area (Å²) in [5, 5.41) is 0.334. The van der Waals surface area contributed by atoms with Crippen molar-refractivity contribution < 1.29 is 9.53 Å². The van der Waals surface area contributed by atoms with Crippen molar-refractivity contribution in [2.24, 2.45) is 11.8 Å².